The second kappa shape index (κ2) is 13.7. The summed E-state index contributed by atoms with van der Waals surface area (Å²) in [5.74, 6) is 2.12. The van der Waals surface area contributed by atoms with Crippen LogP contribution in [0.25, 0.3) is 6.08 Å². The lowest BCUT2D eigenvalue weighted by atomic mass is 10.0. The highest BCUT2D eigenvalue weighted by molar-refractivity contribution is 5.68. The van der Waals surface area contributed by atoms with Crippen LogP contribution in [0.5, 0.6) is 0 Å². The van der Waals surface area contributed by atoms with Gasteiger partial charge in [0.05, 0.1) is 7.11 Å². The highest BCUT2D eigenvalue weighted by Gasteiger charge is 2.11. The molecule has 26 heavy (non-hydrogen) atoms. The lowest BCUT2D eigenvalue weighted by Crippen LogP contribution is -1.99. The average Bonchev–Trinajstić information content (AvgIpc) is 2.91. The summed E-state index contributed by atoms with van der Waals surface area (Å²) < 4.78 is 10.7. The molecule has 1 aromatic heterocycles. The topological polar surface area (TPSA) is 39.4 Å². The minimum atomic E-state index is -0.0857. The number of carbonyl (C=O) groups excluding carboxylic acids is 1. The van der Waals surface area contributed by atoms with Crippen molar-refractivity contribution in [3.05, 3.63) is 28.7 Å². The number of allylic oxidation sites excluding steroid dienone is 1. The van der Waals surface area contributed by atoms with Crippen molar-refractivity contribution in [3.8, 4) is 0 Å². The van der Waals surface area contributed by atoms with Crippen LogP contribution in [0, 0.1) is 13.8 Å². The van der Waals surface area contributed by atoms with Crippen molar-refractivity contribution in [2.24, 2.45) is 0 Å². The van der Waals surface area contributed by atoms with Crippen LogP contribution in [0.2, 0.25) is 0 Å². The standard InChI is InChI=1S/C23H38O3/c1-5-6-13-16-21-19(2)20(3)22(26-21)17-14-11-9-7-8-10-12-15-18-23(24)25-4/h13,16H,5-12,14-15,17-18H2,1-4H3. The smallest absolute Gasteiger partial charge is 0.305 e. The van der Waals surface area contributed by atoms with Crippen molar-refractivity contribution in [1.82, 2.24) is 0 Å². The van der Waals surface area contributed by atoms with E-state index in [1.54, 1.807) is 0 Å². The van der Waals surface area contributed by atoms with Crippen molar-refractivity contribution in [3.63, 3.8) is 0 Å². The summed E-state index contributed by atoms with van der Waals surface area (Å²) in [7, 11) is 1.46. The van der Waals surface area contributed by atoms with Gasteiger partial charge in [-0.15, -0.1) is 0 Å². The van der Waals surface area contributed by atoms with Gasteiger partial charge in [0.25, 0.3) is 0 Å². The Balaban J connectivity index is 2.13. The fourth-order valence-electron chi connectivity index (χ4n) is 3.15. The Kier molecular flexibility index (Phi) is 11.8. The normalized spacial score (nSPS) is 11.4. The van der Waals surface area contributed by atoms with Gasteiger partial charge in [0, 0.05) is 12.8 Å². The second-order valence-electron chi connectivity index (χ2n) is 7.24. The number of hydrogen-bond donors (Lipinski definition) is 0. The van der Waals surface area contributed by atoms with Crippen LogP contribution < -0.4 is 0 Å². The van der Waals surface area contributed by atoms with Gasteiger partial charge in [-0.3, -0.25) is 4.79 Å². The molecule has 0 saturated heterocycles. The summed E-state index contributed by atoms with van der Waals surface area (Å²) in [4.78, 5) is 11.0. The van der Waals surface area contributed by atoms with Crippen molar-refractivity contribution in [1.29, 1.82) is 0 Å². The molecular formula is C23H38O3. The van der Waals surface area contributed by atoms with Crippen molar-refractivity contribution < 1.29 is 13.9 Å². The highest BCUT2D eigenvalue weighted by Crippen LogP contribution is 2.24. The van der Waals surface area contributed by atoms with Crippen LogP contribution in [0.4, 0.5) is 0 Å². The molecule has 0 spiro atoms. The average molecular weight is 363 g/mol. The molecule has 3 nitrogen and oxygen atoms in total. The summed E-state index contributed by atoms with van der Waals surface area (Å²) >= 11 is 0. The summed E-state index contributed by atoms with van der Waals surface area (Å²) in [6, 6.07) is 0. The van der Waals surface area contributed by atoms with Crippen LogP contribution in [0.3, 0.4) is 0 Å². The molecule has 148 valence electrons. The molecule has 0 aromatic carbocycles. The zero-order valence-corrected chi connectivity index (χ0v) is 17.4. The number of carbonyl (C=O) groups is 1. The molecule has 0 amide bonds. The number of ether oxygens (including phenoxy) is 1. The molecule has 0 saturated carbocycles. The predicted molar refractivity (Wildman–Crippen MR) is 109 cm³/mol. The first-order valence-corrected chi connectivity index (χ1v) is 10.4. The van der Waals surface area contributed by atoms with E-state index in [1.165, 1.54) is 68.9 Å². The minimum Gasteiger partial charge on any atom is -0.469 e. The minimum absolute atomic E-state index is 0.0857. The molecule has 0 N–H and O–H groups in total. The van der Waals surface area contributed by atoms with Gasteiger partial charge in [0.1, 0.15) is 11.5 Å². The van der Waals surface area contributed by atoms with Gasteiger partial charge >= 0.3 is 5.97 Å². The Hall–Kier alpha value is -1.51. The SMILES string of the molecule is CCCC=Cc1oc(CCCCCCCCCCC(=O)OC)c(C)c1C. The maximum Gasteiger partial charge on any atom is 0.305 e. The molecule has 0 atom stereocenters. The number of aryl methyl sites for hydroxylation is 1. The van der Waals surface area contributed by atoms with E-state index in [9.17, 15) is 4.79 Å². The fraction of sp³-hybridized carbons (Fsp3) is 0.696. The van der Waals surface area contributed by atoms with E-state index in [0.717, 1.165) is 31.4 Å². The summed E-state index contributed by atoms with van der Waals surface area (Å²) in [6.45, 7) is 6.53. The van der Waals surface area contributed by atoms with Crippen LogP contribution in [0.1, 0.15) is 100 Å². The second-order valence-corrected chi connectivity index (χ2v) is 7.24. The number of unbranched alkanes of at least 4 members (excludes halogenated alkanes) is 8. The number of esters is 1. The maximum atomic E-state index is 11.0. The zero-order chi connectivity index (χ0) is 19.2. The Morgan fingerprint density at radius 3 is 2.19 bits per heavy atom. The largest absolute Gasteiger partial charge is 0.469 e. The molecule has 0 unspecified atom stereocenters. The first-order valence-electron chi connectivity index (χ1n) is 10.4. The molecule has 1 heterocycles. The van der Waals surface area contributed by atoms with E-state index in [2.05, 4.69) is 37.7 Å². The molecule has 0 radical (unpaired) electrons. The van der Waals surface area contributed by atoms with Gasteiger partial charge < -0.3 is 9.15 Å². The first-order chi connectivity index (χ1) is 12.6. The van der Waals surface area contributed by atoms with Gasteiger partial charge in [-0.1, -0.05) is 57.9 Å². The third-order valence-electron chi connectivity index (χ3n) is 5.07. The molecular weight excluding hydrogens is 324 g/mol. The molecule has 0 aliphatic heterocycles. The molecule has 0 fully saturated rings. The van der Waals surface area contributed by atoms with Gasteiger partial charge in [0.15, 0.2) is 0 Å². The molecule has 0 bridgehead atoms. The van der Waals surface area contributed by atoms with Gasteiger partial charge in [-0.2, -0.15) is 0 Å². The monoisotopic (exact) mass is 362 g/mol. The van der Waals surface area contributed by atoms with E-state index < -0.39 is 0 Å². The summed E-state index contributed by atoms with van der Waals surface area (Å²) in [5.41, 5.74) is 2.62. The Bertz CT molecular complexity index is 540. The maximum absolute atomic E-state index is 11.0. The van der Waals surface area contributed by atoms with Crippen LogP contribution in [-0.4, -0.2) is 13.1 Å². The van der Waals surface area contributed by atoms with Gasteiger partial charge in [-0.25, -0.2) is 0 Å². The highest BCUT2D eigenvalue weighted by atomic mass is 16.5. The Labute approximate surface area is 160 Å². The number of furan rings is 1. The van der Waals surface area contributed by atoms with Crippen LogP contribution in [-0.2, 0) is 16.0 Å². The summed E-state index contributed by atoms with van der Waals surface area (Å²) in [6.07, 6.45) is 17.9. The van der Waals surface area contributed by atoms with E-state index in [1.807, 2.05) is 0 Å². The molecule has 1 rings (SSSR count). The van der Waals surface area contributed by atoms with Crippen LogP contribution >= 0.6 is 0 Å². The van der Waals surface area contributed by atoms with Crippen molar-refractivity contribution in [2.75, 3.05) is 7.11 Å². The quantitative estimate of drug-likeness (QED) is 0.266. The number of methoxy groups -OCH3 is 1. The molecule has 0 aliphatic carbocycles. The van der Waals surface area contributed by atoms with Crippen molar-refractivity contribution in [2.45, 2.75) is 97.8 Å². The zero-order valence-electron chi connectivity index (χ0n) is 17.4. The van der Waals surface area contributed by atoms with Gasteiger partial charge in [0.2, 0.25) is 0 Å². The Morgan fingerprint density at radius 1 is 0.962 bits per heavy atom. The lowest BCUT2D eigenvalue weighted by Gasteiger charge is -2.02. The fourth-order valence-corrected chi connectivity index (χ4v) is 3.15. The Morgan fingerprint density at radius 2 is 1.58 bits per heavy atom. The molecule has 3 heteroatoms. The number of hydrogen-bond acceptors (Lipinski definition) is 3. The first kappa shape index (κ1) is 22.5. The summed E-state index contributed by atoms with van der Waals surface area (Å²) in [5, 5.41) is 0. The van der Waals surface area contributed by atoms with Gasteiger partial charge in [-0.05, 0) is 50.3 Å². The number of rotatable bonds is 14. The third-order valence-corrected chi connectivity index (χ3v) is 5.07. The third kappa shape index (κ3) is 8.73. The van der Waals surface area contributed by atoms with Crippen molar-refractivity contribution >= 4 is 12.0 Å². The van der Waals surface area contributed by atoms with E-state index >= 15 is 0 Å². The van der Waals surface area contributed by atoms with E-state index in [4.69, 9.17) is 4.42 Å². The molecule has 1 aromatic rings. The predicted octanol–water partition coefficient (Wildman–Crippen LogP) is 6.94. The van der Waals surface area contributed by atoms with E-state index in [-0.39, 0.29) is 5.97 Å². The molecule has 0 aliphatic rings. The van der Waals surface area contributed by atoms with Crippen LogP contribution in [0.15, 0.2) is 10.5 Å². The lowest BCUT2D eigenvalue weighted by molar-refractivity contribution is -0.140. The van der Waals surface area contributed by atoms with E-state index in [0.29, 0.717) is 6.42 Å².